The van der Waals surface area contributed by atoms with E-state index < -0.39 is 26.2 Å². The van der Waals surface area contributed by atoms with E-state index in [-0.39, 0.29) is 35.0 Å². The fraction of sp³-hybridized carbons (Fsp3) is 0.500. The van der Waals surface area contributed by atoms with Crippen LogP contribution in [-0.4, -0.2) is 45.7 Å². The number of hydrogen-bond donors (Lipinski definition) is 3. The Labute approximate surface area is 108 Å². The van der Waals surface area contributed by atoms with Gasteiger partial charge >= 0.3 is 37.3 Å². The Morgan fingerprint density at radius 2 is 2.00 bits per heavy atom. The number of guanidine groups is 1. The predicted octanol–water partition coefficient (Wildman–Crippen LogP) is -6.75. The van der Waals surface area contributed by atoms with Crippen molar-refractivity contribution >= 4 is 19.7 Å². The summed E-state index contributed by atoms with van der Waals surface area (Å²) in [5.74, 6) is -1.98. The van der Waals surface area contributed by atoms with Gasteiger partial charge in [-0.15, -0.1) is 4.76 Å². The molecule has 0 spiro atoms. The molecule has 6 N–H and O–H groups in total. The van der Waals surface area contributed by atoms with Gasteiger partial charge in [0, 0.05) is 7.05 Å². The summed E-state index contributed by atoms with van der Waals surface area (Å²) in [6, 6.07) is 0. The van der Waals surface area contributed by atoms with Crippen molar-refractivity contribution in [1.82, 2.24) is 4.90 Å². The monoisotopic (exact) mass is 251 g/mol. The van der Waals surface area contributed by atoms with Crippen LogP contribution in [0.3, 0.4) is 0 Å². The van der Waals surface area contributed by atoms with E-state index in [1.54, 1.807) is 0 Å². The predicted molar refractivity (Wildman–Crippen MR) is 44.9 cm³/mol. The van der Waals surface area contributed by atoms with E-state index in [0.29, 0.717) is 0 Å². The summed E-state index contributed by atoms with van der Waals surface area (Å²) in [6.07, 6.45) is 0. The topological polar surface area (TPSA) is 171 Å². The Hall–Kier alpha value is -0.150. The summed E-state index contributed by atoms with van der Waals surface area (Å²) >= 11 is 0. The first-order valence-corrected chi connectivity index (χ1v) is 4.61. The molecule has 0 aromatic heterocycles. The molecule has 11 heteroatoms. The number of likely N-dealkylation sites (N-methyl/N-ethyl adjacent to an activating group) is 1. The maximum Gasteiger partial charge on any atom is 1.00 e. The third-order valence-corrected chi connectivity index (χ3v) is 1.46. The molecular weight excluding hydrogens is 240 g/mol. The summed E-state index contributed by atoms with van der Waals surface area (Å²) < 4.78 is 13.0. The van der Waals surface area contributed by atoms with Gasteiger partial charge in [-0.05, 0) is 0 Å². The molecule has 0 aliphatic rings. The van der Waals surface area contributed by atoms with Gasteiger partial charge in [0.1, 0.15) is 0 Å². The van der Waals surface area contributed by atoms with Gasteiger partial charge in [-0.25, -0.2) is 4.57 Å². The molecule has 0 saturated carbocycles. The molecule has 0 amide bonds. The molecule has 0 saturated heterocycles. The Kier molecular flexibility index (Phi) is 10.9. The second kappa shape index (κ2) is 8.05. The second-order valence-electron chi connectivity index (χ2n) is 2.20. The van der Waals surface area contributed by atoms with Gasteiger partial charge in [0.25, 0.3) is 0 Å². The minimum atomic E-state index is -4.61. The summed E-state index contributed by atoms with van der Waals surface area (Å²) in [6.45, 7) is -0.588. The van der Waals surface area contributed by atoms with E-state index in [1.165, 1.54) is 7.05 Å². The Bertz CT molecular complexity index is 278. The molecule has 84 valence electrons. The number of nitrogens with two attached hydrogens (primary N) is 1. The van der Waals surface area contributed by atoms with Crippen LogP contribution in [0.4, 0.5) is 0 Å². The van der Waals surface area contributed by atoms with Crippen LogP contribution in [0.2, 0.25) is 0 Å². The summed E-state index contributed by atoms with van der Waals surface area (Å²) in [5, 5.41) is 10.0. The number of hydrogen-bond acceptors (Lipinski definition) is 3. The number of carboxylic acid groups (broad SMARTS) is 1. The molecule has 0 aromatic rings. The van der Waals surface area contributed by atoms with Crippen LogP contribution in [-0.2, 0) is 9.36 Å². The molecule has 9 nitrogen and oxygen atoms in total. The average molecular weight is 251 g/mol. The minimum Gasteiger partial charge on any atom is -0.548 e. The van der Waals surface area contributed by atoms with Gasteiger partial charge < -0.3 is 35.8 Å². The van der Waals surface area contributed by atoms with Crippen molar-refractivity contribution in [3.05, 3.63) is 0 Å². The third-order valence-electron chi connectivity index (χ3n) is 0.990. The van der Waals surface area contributed by atoms with E-state index in [4.69, 9.17) is 15.5 Å². The largest absolute Gasteiger partial charge is 1.00 e. The minimum absolute atomic E-state index is 0. The smallest absolute Gasteiger partial charge is 0.548 e. The fourth-order valence-corrected chi connectivity index (χ4v) is 0.904. The zero-order chi connectivity index (χ0) is 10.6. The summed E-state index contributed by atoms with van der Waals surface area (Å²) in [5.41, 5.74) is 5.04. The molecule has 0 fully saturated rings. The normalized spacial score (nSPS) is 11.0. The van der Waals surface area contributed by atoms with Crippen LogP contribution in [0.5, 0.6) is 0 Å². The number of aliphatic carboxylic acids is 1. The first-order valence-electron chi connectivity index (χ1n) is 3.04. The summed E-state index contributed by atoms with van der Waals surface area (Å²) in [4.78, 5) is 27.5. The standard InChI is InChI=1S/C4H10N3O5P.Na.H2O/c1-7(2-3(8)9)4(5)6-13(10,11)12;;/h2H2,1H3,(H,8,9)(H4,5,6,10,11,12);;1H2/q;+1;/p-1. The average Bonchev–Trinajstić information content (AvgIpc) is 1.81. The van der Waals surface area contributed by atoms with E-state index in [2.05, 4.69) is 4.76 Å². The number of carboxylic acids is 1. The molecule has 0 unspecified atom stereocenters. The van der Waals surface area contributed by atoms with E-state index >= 15 is 0 Å². The van der Waals surface area contributed by atoms with Crippen molar-refractivity contribution in [2.75, 3.05) is 13.6 Å². The van der Waals surface area contributed by atoms with Crippen LogP contribution < -0.4 is 40.4 Å². The third kappa shape index (κ3) is 11.8. The van der Waals surface area contributed by atoms with Crippen LogP contribution in [0.1, 0.15) is 0 Å². The van der Waals surface area contributed by atoms with Crippen molar-refractivity contribution in [1.29, 1.82) is 0 Å². The van der Waals surface area contributed by atoms with E-state index in [1.807, 2.05) is 0 Å². The second-order valence-corrected chi connectivity index (χ2v) is 3.43. The van der Waals surface area contributed by atoms with Crippen molar-refractivity contribution < 1.29 is 59.3 Å². The molecule has 0 radical (unpaired) electrons. The van der Waals surface area contributed by atoms with E-state index in [9.17, 15) is 14.5 Å². The summed E-state index contributed by atoms with van der Waals surface area (Å²) in [7, 11) is -3.40. The number of carbonyl (C=O) groups excluding carboxylic acids is 1. The molecular formula is C4H11N3NaO6P. The first-order chi connectivity index (χ1) is 5.72. The maximum absolute atomic E-state index is 10.3. The van der Waals surface area contributed by atoms with Gasteiger partial charge in [0.15, 0.2) is 0 Å². The molecule has 15 heavy (non-hydrogen) atoms. The van der Waals surface area contributed by atoms with Crippen LogP contribution in [0.25, 0.3) is 0 Å². The van der Waals surface area contributed by atoms with E-state index in [0.717, 1.165) is 4.90 Å². The fourth-order valence-electron chi connectivity index (χ4n) is 0.484. The van der Waals surface area contributed by atoms with Crippen LogP contribution >= 0.6 is 7.75 Å². The van der Waals surface area contributed by atoms with Crippen molar-refractivity contribution in [3.8, 4) is 0 Å². The molecule has 0 aliphatic carbocycles. The molecule has 0 bridgehead atoms. The van der Waals surface area contributed by atoms with Gasteiger partial charge in [-0.2, -0.15) is 0 Å². The van der Waals surface area contributed by atoms with Gasteiger partial charge in [0.2, 0.25) is 5.96 Å². The van der Waals surface area contributed by atoms with Crippen molar-refractivity contribution in [3.63, 3.8) is 0 Å². The molecule has 0 aliphatic heterocycles. The van der Waals surface area contributed by atoms with Gasteiger partial charge in [-0.3, -0.25) is 0 Å². The zero-order valence-corrected chi connectivity index (χ0v) is 11.1. The Morgan fingerprint density at radius 1 is 1.60 bits per heavy atom. The number of rotatable bonds is 3. The Balaban J connectivity index is -0.000000720. The number of carbonyl (C=O) groups is 1. The van der Waals surface area contributed by atoms with Gasteiger partial charge in [-0.1, -0.05) is 0 Å². The quantitative estimate of drug-likeness (QED) is 0.193. The Morgan fingerprint density at radius 3 is 2.27 bits per heavy atom. The number of nitrogens with zero attached hydrogens (tertiary/aromatic N) is 2. The van der Waals surface area contributed by atoms with Crippen LogP contribution in [0.15, 0.2) is 4.76 Å². The SMILES string of the molecule is CN(CC(=O)[O-])C(N)=NP(=O)(O)O.O.[Na+]. The molecule has 0 rings (SSSR count). The molecule has 0 atom stereocenters. The maximum atomic E-state index is 10.3. The molecule has 0 aromatic carbocycles. The zero-order valence-electron chi connectivity index (χ0n) is 8.25. The first kappa shape index (κ1) is 20.3. The van der Waals surface area contributed by atoms with Crippen molar-refractivity contribution in [2.45, 2.75) is 0 Å². The molecule has 0 heterocycles. The van der Waals surface area contributed by atoms with Crippen LogP contribution in [0, 0.1) is 0 Å². The van der Waals surface area contributed by atoms with Crippen molar-refractivity contribution in [2.24, 2.45) is 10.5 Å². The van der Waals surface area contributed by atoms with Gasteiger partial charge in [0.05, 0.1) is 12.5 Å².